The smallest absolute Gasteiger partial charge is 0.407 e. The van der Waals surface area contributed by atoms with Crippen LogP contribution in [0.2, 0.25) is 5.15 Å². The Bertz CT molecular complexity index is 1130. The molecule has 0 spiro atoms. The van der Waals surface area contributed by atoms with Crippen LogP contribution in [0.3, 0.4) is 0 Å². The van der Waals surface area contributed by atoms with Crippen LogP contribution in [0, 0.1) is 5.82 Å². The Morgan fingerprint density at radius 3 is 2.63 bits per heavy atom. The Hall–Kier alpha value is -3.27. The van der Waals surface area contributed by atoms with Crippen LogP contribution in [-0.4, -0.2) is 55.3 Å². The summed E-state index contributed by atoms with van der Waals surface area (Å²) >= 11 is 6.37. The number of hydrogen-bond acceptors (Lipinski definition) is 7. The Labute approximate surface area is 207 Å². The molecule has 2 aliphatic rings. The molecule has 2 heterocycles. The van der Waals surface area contributed by atoms with Gasteiger partial charge in [0, 0.05) is 29.8 Å². The van der Waals surface area contributed by atoms with Crippen LogP contribution >= 0.6 is 11.6 Å². The summed E-state index contributed by atoms with van der Waals surface area (Å²) in [5, 5.41) is 5.84. The molecule has 0 radical (unpaired) electrons. The van der Waals surface area contributed by atoms with E-state index in [-0.39, 0.29) is 47.3 Å². The van der Waals surface area contributed by atoms with Crippen LogP contribution in [0.25, 0.3) is 0 Å². The zero-order valence-electron chi connectivity index (χ0n) is 19.8. The lowest BCUT2D eigenvalue weighted by molar-refractivity contribution is 0.0765. The first-order chi connectivity index (χ1) is 16.9. The molecule has 1 aromatic heterocycles. The number of nitrogens with one attached hydrogen (secondary N) is 2. The van der Waals surface area contributed by atoms with Crippen LogP contribution < -0.4 is 20.1 Å². The van der Waals surface area contributed by atoms with Crippen molar-refractivity contribution in [2.75, 3.05) is 26.6 Å². The van der Waals surface area contributed by atoms with Gasteiger partial charge < -0.3 is 29.7 Å². The number of halogens is 2. The first-order valence-corrected chi connectivity index (χ1v) is 11.7. The van der Waals surface area contributed by atoms with E-state index < -0.39 is 17.8 Å². The number of hydrogen-bond donors (Lipinski definition) is 2. The highest BCUT2D eigenvalue weighted by Crippen LogP contribution is 2.36. The van der Waals surface area contributed by atoms with E-state index in [1.54, 1.807) is 25.3 Å². The number of benzene rings is 1. The summed E-state index contributed by atoms with van der Waals surface area (Å²) < 4.78 is 30.9. The predicted octanol–water partition coefficient (Wildman–Crippen LogP) is 4.13. The Balaban J connectivity index is 1.56. The number of carbonyl (C=O) groups excluding carboxylic acids is 2. The number of pyridine rings is 1. The summed E-state index contributed by atoms with van der Waals surface area (Å²) in [4.78, 5) is 30.5. The monoisotopic (exact) mass is 506 g/mol. The maximum Gasteiger partial charge on any atom is 0.407 e. The first-order valence-electron chi connectivity index (χ1n) is 11.3. The van der Waals surface area contributed by atoms with Gasteiger partial charge in [-0.05, 0) is 25.0 Å². The molecule has 188 valence electrons. The number of alkyl carbamates (subject to hydrolysis) is 1. The largest absolute Gasteiger partial charge is 0.497 e. The normalized spacial score (nSPS) is 19.2. The molecule has 2 atom stereocenters. The van der Waals surface area contributed by atoms with Gasteiger partial charge in [0.1, 0.15) is 16.7 Å². The van der Waals surface area contributed by atoms with Gasteiger partial charge in [0.05, 0.1) is 39.5 Å². The quantitative estimate of drug-likeness (QED) is 0.544. The highest BCUT2D eigenvalue weighted by molar-refractivity contribution is 6.33. The molecule has 9 nitrogen and oxygen atoms in total. The predicted molar refractivity (Wildman–Crippen MR) is 128 cm³/mol. The Kier molecular flexibility index (Phi) is 7.49. The lowest BCUT2D eigenvalue weighted by atomic mass is 9.90. The van der Waals surface area contributed by atoms with Gasteiger partial charge in [-0.3, -0.25) is 4.79 Å². The van der Waals surface area contributed by atoms with Crippen molar-refractivity contribution >= 4 is 29.4 Å². The van der Waals surface area contributed by atoms with E-state index >= 15 is 4.39 Å². The fraction of sp³-hybridized carbons (Fsp3) is 0.458. The summed E-state index contributed by atoms with van der Waals surface area (Å²) in [5.74, 6) is 0.127. The second-order valence-electron chi connectivity index (χ2n) is 8.54. The maximum atomic E-state index is 15.6. The molecule has 4 rings (SSSR count). The standard InChI is InChI=1S/C24H28ClFN4O5/c1-33-14-9-8-13(18(10-14)34-2)11-30-12-15-19(23(30)31)21(25)29-22(20(15)26)27-16-6-4-5-7-17(16)28-24(32)35-3/h8-10,16-17H,4-7,11-12H2,1-3H3,(H,27,29)(H,28,32)/t16-,17+/m0/s1. The number of aromatic nitrogens is 1. The molecule has 2 amide bonds. The average molecular weight is 507 g/mol. The topological polar surface area (TPSA) is 102 Å². The third-order valence-electron chi connectivity index (χ3n) is 6.47. The Morgan fingerprint density at radius 2 is 1.94 bits per heavy atom. The molecule has 0 unspecified atom stereocenters. The van der Waals surface area contributed by atoms with Gasteiger partial charge in [-0.2, -0.15) is 0 Å². The number of ether oxygens (including phenoxy) is 3. The summed E-state index contributed by atoms with van der Waals surface area (Å²) in [6.45, 7) is 0.244. The van der Waals surface area contributed by atoms with Gasteiger partial charge in [0.2, 0.25) is 0 Å². The molecule has 1 aliphatic heterocycles. The first kappa shape index (κ1) is 24.8. The number of nitrogens with zero attached hydrogens (tertiary/aromatic N) is 2. The summed E-state index contributed by atoms with van der Waals surface area (Å²) in [7, 11) is 4.39. The van der Waals surface area contributed by atoms with E-state index in [2.05, 4.69) is 15.6 Å². The summed E-state index contributed by atoms with van der Waals surface area (Å²) in [6, 6.07) is 4.80. The van der Waals surface area contributed by atoms with Crippen LogP contribution in [-0.2, 0) is 17.8 Å². The molecule has 1 fully saturated rings. The van der Waals surface area contributed by atoms with E-state index in [0.29, 0.717) is 17.9 Å². The number of anilines is 1. The molecule has 35 heavy (non-hydrogen) atoms. The van der Waals surface area contributed by atoms with Crippen LogP contribution in [0.4, 0.5) is 15.0 Å². The van der Waals surface area contributed by atoms with Gasteiger partial charge in [-0.1, -0.05) is 24.4 Å². The lowest BCUT2D eigenvalue weighted by Crippen LogP contribution is -2.48. The second kappa shape index (κ2) is 10.6. The zero-order chi connectivity index (χ0) is 25.1. The van der Waals surface area contributed by atoms with E-state index in [9.17, 15) is 9.59 Å². The van der Waals surface area contributed by atoms with Crippen LogP contribution in [0.1, 0.15) is 47.2 Å². The van der Waals surface area contributed by atoms with Gasteiger partial charge >= 0.3 is 6.09 Å². The number of fused-ring (bicyclic) bond motifs is 1. The number of carbonyl (C=O) groups is 2. The Morgan fingerprint density at radius 1 is 1.20 bits per heavy atom. The minimum Gasteiger partial charge on any atom is -0.497 e. The second-order valence-corrected chi connectivity index (χ2v) is 8.89. The molecule has 11 heteroatoms. The van der Waals surface area contributed by atoms with E-state index in [4.69, 9.17) is 25.8 Å². The minimum atomic E-state index is -0.621. The third kappa shape index (κ3) is 5.07. The molecule has 1 aliphatic carbocycles. The molecule has 0 saturated heterocycles. The van der Waals surface area contributed by atoms with Crippen molar-refractivity contribution in [1.82, 2.24) is 15.2 Å². The highest BCUT2D eigenvalue weighted by Gasteiger charge is 2.36. The highest BCUT2D eigenvalue weighted by atomic mass is 35.5. The van der Waals surface area contributed by atoms with Crippen LogP contribution in [0.15, 0.2) is 18.2 Å². The van der Waals surface area contributed by atoms with Crippen molar-refractivity contribution in [2.24, 2.45) is 0 Å². The van der Waals surface area contributed by atoms with Crippen molar-refractivity contribution in [2.45, 2.75) is 50.9 Å². The van der Waals surface area contributed by atoms with E-state index in [0.717, 1.165) is 24.8 Å². The zero-order valence-corrected chi connectivity index (χ0v) is 20.6. The molecular formula is C24H28ClFN4O5. The fourth-order valence-electron chi connectivity index (χ4n) is 4.64. The van der Waals surface area contributed by atoms with Gasteiger partial charge in [0.25, 0.3) is 5.91 Å². The molecule has 1 saturated carbocycles. The van der Waals surface area contributed by atoms with Crippen molar-refractivity contribution in [3.05, 3.63) is 45.9 Å². The van der Waals surface area contributed by atoms with Gasteiger partial charge in [-0.15, -0.1) is 0 Å². The summed E-state index contributed by atoms with van der Waals surface area (Å²) in [5.41, 5.74) is 1.00. The molecule has 2 N–H and O–H groups in total. The van der Waals surface area contributed by atoms with Crippen molar-refractivity contribution in [1.29, 1.82) is 0 Å². The minimum absolute atomic E-state index is 0.0333. The van der Waals surface area contributed by atoms with Gasteiger partial charge in [-0.25, -0.2) is 14.2 Å². The lowest BCUT2D eigenvalue weighted by Gasteiger charge is -2.32. The number of methoxy groups -OCH3 is 3. The maximum absolute atomic E-state index is 15.6. The number of rotatable bonds is 7. The summed E-state index contributed by atoms with van der Waals surface area (Å²) in [6.07, 6.45) is 2.76. The molecular weight excluding hydrogens is 479 g/mol. The van der Waals surface area contributed by atoms with Gasteiger partial charge in [0.15, 0.2) is 11.6 Å². The molecule has 0 bridgehead atoms. The van der Waals surface area contributed by atoms with E-state index in [1.165, 1.54) is 19.1 Å². The average Bonchev–Trinajstić information content (AvgIpc) is 3.20. The van der Waals surface area contributed by atoms with Crippen molar-refractivity contribution in [3.63, 3.8) is 0 Å². The third-order valence-corrected chi connectivity index (χ3v) is 6.75. The molecule has 2 aromatic rings. The SMILES string of the molecule is COC(=O)N[C@@H]1CCCC[C@@H]1Nc1nc(Cl)c2c(c1F)CN(Cc1ccc(OC)cc1OC)C2=O. The van der Waals surface area contributed by atoms with Crippen molar-refractivity contribution in [3.8, 4) is 11.5 Å². The van der Waals surface area contributed by atoms with Crippen molar-refractivity contribution < 1.29 is 28.2 Å². The number of amides is 2. The fourth-order valence-corrected chi connectivity index (χ4v) is 4.92. The molecule has 1 aromatic carbocycles. The van der Waals surface area contributed by atoms with E-state index in [1.807, 2.05) is 0 Å². The van der Waals surface area contributed by atoms with Crippen LogP contribution in [0.5, 0.6) is 11.5 Å².